The Labute approximate surface area is 159 Å². The number of hydrogen-bond donors (Lipinski definition) is 2. The van der Waals surface area contributed by atoms with E-state index in [1.54, 1.807) is 4.90 Å². The lowest BCUT2D eigenvalue weighted by Crippen LogP contribution is -2.36. The van der Waals surface area contributed by atoms with Crippen molar-refractivity contribution in [3.63, 3.8) is 0 Å². The van der Waals surface area contributed by atoms with Gasteiger partial charge in [-0.25, -0.2) is 4.79 Å². The fourth-order valence-electron chi connectivity index (χ4n) is 2.63. The number of anilines is 2. The first-order valence-electron chi connectivity index (χ1n) is 8.93. The summed E-state index contributed by atoms with van der Waals surface area (Å²) in [5.41, 5.74) is 7.18. The van der Waals surface area contributed by atoms with Gasteiger partial charge in [0.25, 0.3) is 0 Å². The fourth-order valence-corrected chi connectivity index (χ4v) is 2.63. The van der Waals surface area contributed by atoms with E-state index in [-0.39, 0.29) is 6.03 Å². The van der Waals surface area contributed by atoms with Crippen LogP contribution in [-0.4, -0.2) is 19.1 Å². The van der Waals surface area contributed by atoms with Gasteiger partial charge in [-0.3, -0.25) is 4.90 Å². The number of carbonyl (C=O) groups is 1. The third-order valence-electron chi connectivity index (χ3n) is 3.98. The van der Waals surface area contributed by atoms with Crippen molar-refractivity contribution >= 4 is 17.4 Å². The molecule has 0 bridgehead atoms. The summed E-state index contributed by atoms with van der Waals surface area (Å²) in [6.45, 7) is 1.05. The van der Waals surface area contributed by atoms with Gasteiger partial charge < -0.3 is 15.8 Å². The van der Waals surface area contributed by atoms with Gasteiger partial charge in [0.2, 0.25) is 0 Å². The predicted octanol–water partition coefficient (Wildman–Crippen LogP) is 4.87. The van der Waals surface area contributed by atoms with Gasteiger partial charge in [0, 0.05) is 17.9 Å². The summed E-state index contributed by atoms with van der Waals surface area (Å²) < 4.78 is 5.81. The molecule has 0 heterocycles. The molecule has 0 spiro atoms. The molecule has 27 heavy (non-hydrogen) atoms. The third-order valence-corrected chi connectivity index (χ3v) is 3.98. The van der Waals surface area contributed by atoms with Crippen molar-refractivity contribution in [3.8, 4) is 11.5 Å². The molecule has 3 N–H and O–H groups in total. The summed E-state index contributed by atoms with van der Waals surface area (Å²) in [5.74, 6) is 1.49. The van der Waals surface area contributed by atoms with Crippen LogP contribution in [0, 0.1) is 0 Å². The van der Waals surface area contributed by atoms with Gasteiger partial charge in [-0.05, 0) is 61.5 Å². The zero-order valence-corrected chi connectivity index (χ0v) is 15.0. The first kappa shape index (κ1) is 18.5. The Morgan fingerprint density at radius 3 is 2.07 bits per heavy atom. The number of para-hydroxylation sites is 2. The van der Waals surface area contributed by atoms with Crippen LogP contribution in [0.1, 0.15) is 6.42 Å². The van der Waals surface area contributed by atoms with Crippen LogP contribution in [0.15, 0.2) is 84.9 Å². The molecule has 0 aliphatic carbocycles. The van der Waals surface area contributed by atoms with Gasteiger partial charge in [0.05, 0.1) is 0 Å². The normalized spacial score (nSPS) is 10.3. The van der Waals surface area contributed by atoms with Crippen LogP contribution in [0.5, 0.6) is 11.5 Å². The van der Waals surface area contributed by atoms with Gasteiger partial charge in [0.1, 0.15) is 11.5 Å². The molecule has 3 aromatic carbocycles. The molecule has 0 unspecified atom stereocenters. The molecule has 2 amide bonds. The van der Waals surface area contributed by atoms with Gasteiger partial charge in [-0.15, -0.1) is 0 Å². The number of nitrogens with zero attached hydrogens (tertiary/aromatic N) is 1. The molecular weight excluding hydrogens is 338 g/mol. The molecular formula is C22H23N3O2. The lowest BCUT2D eigenvalue weighted by Gasteiger charge is -2.23. The number of amides is 2. The van der Waals surface area contributed by atoms with Gasteiger partial charge in [-0.2, -0.15) is 0 Å². The van der Waals surface area contributed by atoms with Crippen molar-refractivity contribution in [2.24, 2.45) is 5.73 Å². The standard InChI is InChI=1S/C22H23N3O2/c23-16-7-17-25(22(26)24-18-8-3-1-4-9-18)19-12-14-21(15-13-19)27-20-10-5-2-6-11-20/h1-6,8-15H,7,16-17,23H2,(H,24,26). The van der Waals surface area contributed by atoms with Gasteiger partial charge >= 0.3 is 6.03 Å². The van der Waals surface area contributed by atoms with E-state index >= 15 is 0 Å². The predicted molar refractivity (Wildman–Crippen MR) is 109 cm³/mol. The van der Waals surface area contributed by atoms with Crippen LogP contribution >= 0.6 is 0 Å². The second-order valence-corrected chi connectivity index (χ2v) is 6.00. The Balaban J connectivity index is 1.73. The summed E-state index contributed by atoms with van der Waals surface area (Å²) in [6.07, 6.45) is 0.713. The van der Waals surface area contributed by atoms with E-state index in [2.05, 4.69) is 5.32 Å². The maximum absolute atomic E-state index is 12.7. The van der Waals surface area contributed by atoms with Crippen LogP contribution in [0.2, 0.25) is 0 Å². The number of nitrogens with two attached hydrogens (primary N) is 1. The van der Waals surface area contributed by atoms with Crippen molar-refractivity contribution < 1.29 is 9.53 Å². The molecule has 3 aromatic rings. The molecule has 0 fully saturated rings. The van der Waals surface area contributed by atoms with Crippen LogP contribution < -0.4 is 20.7 Å². The van der Waals surface area contributed by atoms with Crippen LogP contribution in [0.25, 0.3) is 0 Å². The number of rotatable bonds is 7. The SMILES string of the molecule is NCCCN(C(=O)Nc1ccccc1)c1ccc(Oc2ccccc2)cc1. The van der Waals surface area contributed by atoms with E-state index in [9.17, 15) is 4.79 Å². The summed E-state index contributed by atoms with van der Waals surface area (Å²) >= 11 is 0. The molecule has 0 saturated carbocycles. The maximum atomic E-state index is 12.7. The third kappa shape index (κ3) is 5.33. The number of hydrogen-bond acceptors (Lipinski definition) is 3. The number of urea groups is 1. The number of ether oxygens (including phenoxy) is 1. The highest BCUT2D eigenvalue weighted by Crippen LogP contribution is 2.25. The molecule has 0 aliphatic heterocycles. The Bertz CT molecular complexity index is 836. The highest BCUT2D eigenvalue weighted by atomic mass is 16.5. The highest BCUT2D eigenvalue weighted by molar-refractivity contribution is 6.01. The smallest absolute Gasteiger partial charge is 0.326 e. The van der Waals surface area contributed by atoms with Crippen molar-refractivity contribution in [1.29, 1.82) is 0 Å². The second-order valence-electron chi connectivity index (χ2n) is 6.00. The van der Waals surface area contributed by atoms with E-state index in [0.717, 1.165) is 17.1 Å². The van der Waals surface area contributed by atoms with E-state index in [1.165, 1.54) is 0 Å². The first-order chi connectivity index (χ1) is 13.3. The van der Waals surface area contributed by atoms with E-state index < -0.39 is 0 Å². The largest absolute Gasteiger partial charge is 0.457 e. The van der Waals surface area contributed by atoms with E-state index in [1.807, 2.05) is 84.9 Å². The minimum atomic E-state index is -0.189. The average Bonchev–Trinajstić information content (AvgIpc) is 2.71. The summed E-state index contributed by atoms with van der Waals surface area (Å²) in [5, 5.41) is 2.92. The summed E-state index contributed by atoms with van der Waals surface area (Å²) in [6, 6.07) is 26.2. The molecule has 0 radical (unpaired) electrons. The van der Waals surface area contributed by atoms with E-state index in [0.29, 0.717) is 25.3 Å². The molecule has 0 aliphatic rings. The molecule has 3 rings (SSSR count). The number of benzene rings is 3. The van der Waals surface area contributed by atoms with Crippen molar-refractivity contribution in [1.82, 2.24) is 0 Å². The number of nitrogens with one attached hydrogen (secondary N) is 1. The molecule has 0 aromatic heterocycles. The second kappa shape index (κ2) is 9.40. The Morgan fingerprint density at radius 1 is 0.852 bits per heavy atom. The zero-order valence-electron chi connectivity index (χ0n) is 15.0. The van der Waals surface area contributed by atoms with Gasteiger partial charge in [0.15, 0.2) is 0 Å². The molecule has 5 heteroatoms. The quantitative estimate of drug-likeness (QED) is 0.631. The molecule has 0 saturated heterocycles. The fraction of sp³-hybridized carbons (Fsp3) is 0.136. The minimum absolute atomic E-state index is 0.189. The maximum Gasteiger partial charge on any atom is 0.326 e. The van der Waals surface area contributed by atoms with Crippen molar-refractivity contribution in [2.45, 2.75) is 6.42 Å². The summed E-state index contributed by atoms with van der Waals surface area (Å²) in [7, 11) is 0. The zero-order chi connectivity index (χ0) is 18.9. The van der Waals surface area contributed by atoms with Crippen molar-refractivity contribution in [3.05, 3.63) is 84.9 Å². The van der Waals surface area contributed by atoms with Gasteiger partial charge in [-0.1, -0.05) is 36.4 Å². The first-order valence-corrected chi connectivity index (χ1v) is 8.93. The number of carbonyl (C=O) groups excluding carboxylic acids is 1. The summed E-state index contributed by atoms with van der Waals surface area (Å²) in [4.78, 5) is 14.4. The monoisotopic (exact) mass is 361 g/mol. The van der Waals surface area contributed by atoms with Crippen LogP contribution in [-0.2, 0) is 0 Å². The average molecular weight is 361 g/mol. The van der Waals surface area contributed by atoms with E-state index in [4.69, 9.17) is 10.5 Å². The van der Waals surface area contributed by atoms with Crippen LogP contribution in [0.4, 0.5) is 16.2 Å². The lowest BCUT2D eigenvalue weighted by molar-refractivity contribution is 0.257. The minimum Gasteiger partial charge on any atom is -0.457 e. The Kier molecular flexibility index (Phi) is 6.44. The highest BCUT2D eigenvalue weighted by Gasteiger charge is 2.15. The van der Waals surface area contributed by atoms with Crippen molar-refractivity contribution in [2.75, 3.05) is 23.3 Å². The Morgan fingerprint density at radius 2 is 1.44 bits per heavy atom. The molecule has 138 valence electrons. The Hall–Kier alpha value is -3.31. The molecule has 5 nitrogen and oxygen atoms in total. The lowest BCUT2D eigenvalue weighted by atomic mass is 10.2. The topological polar surface area (TPSA) is 67.6 Å². The van der Waals surface area contributed by atoms with Crippen LogP contribution in [0.3, 0.4) is 0 Å². The molecule has 0 atom stereocenters.